The Morgan fingerprint density at radius 2 is 1.25 bits per heavy atom. The number of amides is 2. The fourth-order valence-corrected chi connectivity index (χ4v) is 7.40. The molecular weight excluding hydrogens is 645 g/mol. The zero-order valence-electron chi connectivity index (χ0n) is 28.2. The minimum atomic E-state index is -1.16. The van der Waals surface area contributed by atoms with Gasteiger partial charge in [0.2, 0.25) is 0 Å². The molecule has 0 saturated heterocycles. The highest BCUT2D eigenvalue weighted by Gasteiger charge is 2.39. The summed E-state index contributed by atoms with van der Waals surface area (Å²) in [6.07, 6.45) is 7.63. The van der Waals surface area contributed by atoms with Gasteiger partial charge in [-0.2, -0.15) is 5.10 Å². The van der Waals surface area contributed by atoms with Gasteiger partial charge in [0.1, 0.15) is 17.0 Å². The van der Waals surface area contributed by atoms with E-state index < -0.39 is 34.7 Å². The van der Waals surface area contributed by atoms with Gasteiger partial charge in [-0.3, -0.25) is 4.68 Å². The molecule has 1 fully saturated rings. The van der Waals surface area contributed by atoms with Gasteiger partial charge in [-0.25, -0.2) is 18.0 Å². The first kappa shape index (κ1) is 33.8. The molecule has 0 bridgehead atoms. The molecule has 5 nitrogen and oxygen atoms in total. The summed E-state index contributed by atoms with van der Waals surface area (Å²) < 4.78 is 44.8. The van der Waals surface area contributed by atoms with Crippen molar-refractivity contribution in [2.75, 3.05) is 5.32 Å². The van der Waals surface area contributed by atoms with Crippen LogP contribution in [0.4, 0.5) is 23.7 Å². The third kappa shape index (κ3) is 7.04. The van der Waals surface area contributed by atoms with Crippen molar-refractivity contribution in [3.05, 3.63) is 179 Å². The predicted octanol–water partition coefficient (Wildman–Crippen LogP) is 10.6. The molecule has 0 aliphatic heterocycles. The fraction of sp³-hybridized carbons (Fsp3) is 0.209. The standard InChI is InChI=1S/C43H39F3N4O/c44-36-28-38(45)41(39(46)29-36)47-42(51)49(37-23-12-1-2-13-24-37)30-31-15-14-16-32(27-31)40-25-26-50(48-40)43(33-17-6-3-7-18-33,34-19-8-4-9-20-34)35-21-10-5-11-22-35/h3-11,14-22,25-29,37H,1-2,12-13,23-24,30H2,(H,47,51). The summed E-state index contributed by atoms with van der Waals surface area (Å²) in [5, 5.41) is 7.64. The van der Waals surface area contributed by atoms with Crippen molar-refractivity contribution in [1.82, 2.24) is 14.7 Å². The van der Waals surface area contributed by atoms with Gasteiger partial charge < -0.3 is 10.2 Å². The molecule has 1 aliphatic carbocycles. The first-order valence-electron chi connectivity index (χ1n) is 17.5. The Balaban J connectivity index is 1.25. The van der Waals surface area contributed by atoms with Gasteiger partial charge in [-0.15, -0.1) is 0 Å². The molecule has 6 aromatic rings. The number of urea groups is 1. The third-order valence-corrected chi connectivity index (χ3v) is 9.85. The van der Waals surface area contributed by atoms with E-state index in [2.05, 4.69) is 41.7 Å². The Morgan fingerprint density at radius 3 is 1.80 bits per heavy atom. The van der Waals surface area contributed by atoms with E-state index in [0.717, 1.165) is 72.0 Å². The second-order valence-electron chi connectivity index (χ2n) is 13.1. The van der Waals surface area contributed by atoms with Crippen LogP contribution in [0.1, 0.15) is 60.8 Å². The lowest BCUT2D eigenvalue weighted by atomic mass is 9.77. The Morgan fingerprint density at radius 1 is 0.706 bits per heavy atom. The molecule has 1 aromatic heterocycles. The monoisotopic (exact) mass is 684 g/mol. The molecule has 1 heterocycles. The average molecular weight is 685 g/mol. The van der Waals surface area contributed by atoms with Crippen molar-refractivity contribution in [3.8, 4) is 11.3 Å². The highest BCUT2D eigenvalue weighted by molar-refractivity contribution is 5.90. The molecular formula is C43H39F3N4O. The predicted molar refractivity (Wildman–Crippen MR) is 195 cm³/mol. The topological polar surface area (TPSA) is 50.2 Å². The number of hydrogen-bond acceptors (Lipinski definition) is 2. The van der Waals surface area contributed by atoms with Crippen molar-refractivity contribution in [1.29, 1.82) is 0 Å². The smallest absolute Gasteiger partial charge is 0.317 e. The normalized spacial score (nSPS) is 13.8. The number of nitrogens with one attached hydrogen (secondary N) is 1. The Labute approximate surface area is 296 Å². The lowest BCUT2D eigenvalue weighted by molar-refractivity contribution is 0.175. The second-order valence-corrected chi connectivity index (χ2v) is 13.1. The first-order chi connectivity index (χ1) is 24.9. The number of benzene rings is 5. The third-order valence-electron chi connectivity index (χ3n) is 9.85. The summed E-state index contributed by atoms with van der Waals surface area (Å²) in [5.41, 5.74) is 4.23. The molecule has 0 atom stereocenters. The van der Waals surface area contributed by atoms with Crippen molar-refractivity contribution in [2.45, 2.75) is 56.7 Å². The summed E-state index contributed by atoms with van der Waals surface area (Å²) in [5.74, 6) is -3.36. The second kappa shape index (κ2) is 15.1. The van der Waals surface area contributed by atoms with Crippen LogP contribution in [0.25, 0.3) is 11.3 Å². The van der Waals surface area contributed by atoms with E-state index in [-0.39, 0.29) is 12.6 Å². The van der Waals surface area contributed by atoms with Gasteiger partial charge in [0.25, 0.3) is 0 Å². The molecule has 8 heteroatoms. The van der Waals surface area contributed by atoms with E-state index in [4.69, 9.17) is 5.10 Å². The number of halogens is 3. The molecule has 1 aliphatic rings. The van der Waals surface area contributed by atoms with Gasteiger partial charge >= 0.3 is 6.03 Å². The molecule has 1 saturated carbocycles. The van der Waals surface area contributed by atoms with Crippen LogP contribution in [0, 0.1) is 17.5 Å². The largest absolute Gasteiger partial charge is 0.322 e. The molecule has 0 unspecified atom stereocenters. The summed E-state index contributed by atoms with van der Waals surface area (Å²) in [4.78, 5) is 15.4. The highest BCUT2D eigenvalue weighted by atomic mass is 19.1. The van der Waals surface area contributed by atoms with E-state index in [1.54, 1.807) is 4.90 Å². The maximum atomic E-state index is 14.6. The number of carbonyl (C=O) groups is 1. The Kier molecular flexibility index (Phi) is 10.0. The van der Waals surface area contributed by atoms with Crippen molar-refractivity contribution >= 4 is 11.7 Å². The Bertz CT molecular complexity index is 1960. The molecule has 1 N–H and O–H groups in total. The van der Waals surface area contributed by atoms with Gasteiger partial charge in [-0.1, -0.05) is 135 Å². The van der Waals surface area contributed by atoms with Crippen molar-refractivity contribution in [3.63, 3.8) is 0 Å². The average Bonchev–Trinajstić information content (AvgIpc) is 3.49. The van der Waals surface area contributed by atoms with E-state index in [0.29, 0.717) is 12.1 Å². The number of aromatic nitrogens is 2. The fourth-order valence-electron chi connectivity index (χ4n) is 7.40. The van der Waals surface area contributed by atoms with E-state index >= 15 is 0 Å². The summed E-state index contributed by atoms with van der Waals surface area (Å²) >= 11 is 0. The quantitative estimate of drug-likeness (QED) is 0.122. The molecule has 51 heavy (non-hydrogen) atoms. The van der Waals surface area contributed by atoms with Crippen LogP contribution < -0.4 is 5.32 Å². The van der Waals surface area contributed by atoms with Crippen LogP contribution in [0.5, 0.6) is 0 Å². The van der Waals surface area contributed by atoms with E-state index in [1.165, 1.54) is 0 Å². The Hall–Kier alpha value is -5.63. The van der Waals surface area contributed by atoms with Crippen LogP contribution >= 0.6 is 0 Å². The lowest BCUT2D eigenvalue weighted by Crippen LogP contribution is -2.42. The molecule has 5 aromatic carbocycles. The molecule has 0 radical (unpaired) electrons. The van der Waals surface area contributed by atoms with Crippen LogP contribution in [0.15, 0.2) is 140 Å². The van der Waals surface area contributed by atoms with Gasteiger partial charge in [0.15, 0.2) is 11.6 Å². The van der Waals surface area contributed by atoms with Gasteiger partial charge in [0, 0.05) is 36.5 Å². The van der Waals surface area contributed by atoms with Gasteiger partial charge in [-0.05, 0) is 47.2 Å². The summed E-state index contributed by atoms with van der Waals surface area (Å²) in [6.45, 7) is 0.220. The highest BCUT2D eigenvalue weighted by Crippen LogP contribution is 2.41. The zero-order chi connectivity index (χ0) is 35.2. The zero-order valence-corrected chi connectivity index (χ0v) is 28.2. The van der Waals surface area contributed by atoms with Crippen LogP contribution in [0.3, 0.4) is 0 Å². The number of rotatable bonds is 9. The first-order valence-corrected chi connectivity index (χ1v) is 17.5. The molecule has 0 spiro atoms. The minimum absolute atomic E-state index is 0.120. The van der Waals surface area contributed by atoms with Crippen molar-refractivity contribution < 1.29 is 18.0 Å². The van der Waals surface area contributed by atoms with Crippen LogP contribution in [-0.4, -0.2) is 26.8 Å². The lowest BCUT2D eigenvalue weighted by Gasteiger charge is -2.36. The SMILES string of the molecule is O=C(Nc1c(F)cc(F)cc1F)N(Cc1cccc(-c2ccn(C(c3ccccc3)(c3ccccc3)c3ccccc3)n2)c1)C1CCCCCC1. The van der Waals surface area contributed by atoms with E-state index in [1.807, 2.05) is 95.8 Å². The maximum absolute atomic E-state index is 14.6. The number of hydrogen-bond donors (Lipinski definition) is 1. The summed E-state index contributed by atoms with van der Waals surface area (Å²) in [7, 11) is 0. The maximum Gasteiger partial charge on any atom is 0.322 e. The molecule has 7 rings (SSSR count). The molecule has 258 valence electrons. The minimum Gasteiger partial charge on any atom is -0.317 e. The number of anilines is 1. The summed E-state index contributed by atoms with van der Waals surface area (Å²) in [6, 6.07) is 41.3. The molecule has 2 amide bonds. The van der Waals surface area contributed by atoms with Crippen LogP contribution in [-0.2, 0) is 12.1 Å². The van der Waals surface area contributed by atoms with Crippen LogP contribution in [0.2, 0.25) is 0 Å². The number of nitrogens with zero attached hydrogens (tertiary/aromatic N) is 3. The number of carbonyl (C=O) groups excluding carboxylic acids is 1. The van der Waals surface area contributed by atoms with E-state index in [9.17, 15) is 18.0 Å². The van der Waals surface area contributed by atoms with Crippen molar-refractivity contribution in [2.24, 2.45) is 0 Å². The van der Waals surface area contributed by atoms with Gasteiger partial charge in [0.05, 0.1) is 5.69 Å².